The van der Waals surface area contributed by atoms with Crippen LogP contribution >= 0.6 is 0 Å². The van der Waals surface area contributed by atoms with Gasteiger partial charge >= 0.3 is 0 Å². The highest BCUT2D eigenvalue weighted by molar-refractivity contribution is 5.55. The molecule has 2 heteroatoms. The van der Waals surface area contributed by atoms with Crippen LogP contribution in [0, 0.1) is 0 Å². The van der Waals surface area contributed by atoms with E-state index in [1.54, 1.807) is 0 Å². The van der Waals surface area contributed by atoms with Crippen LogP contribution in [0.4, 0.5) is 11.4 Å². The van der Waals surface area contributed by atoms with Gasteiger partial charge in [0.1, 0.15) is 0 Å². The molecule has 0 aliphatic carbocycles. The van der Waals surface area contributed by atoms with Crippen LogP contribution in [-0.2, 0) is 0 Å². The van der Waals surface area contributed by atoms with Gasteiger partial charge in [-0.05, 0) is 45.0 Å². The van der Waals surface area contributed by atoms with E-state index in [-0.39, 0.29) is 0 Å². The van der Waals surface area contributed by atoms with Crippen LogP contribution in [-0.4, -0.2) is 19.6 Å². The summed E-state index contributed by atoms with van der Waals surface area (Å²) in [6, 6.07) is 8.62. The van der Waals surface area contributed by atoms with Gasteiger partial charge in [-0.3, -0.25) is 0 Å². The summed E-state index contributed by atoms with van der Waals surface area (Å²) in [6.45, 7) is 9.40. The maximum atomic E-state index is 3.34. The first-order chi connectivity index (χ1) is 7.81. The van der Waals surface area contributed by atoms with E-state index >= 15 is 0 Å². The number of hydrogen-bond donors (Lipinski definition) is 1. The molecule has 1 N–H and O–H groups in total. The second-order valence-electron chi connectivity index (χ2n) is 3.67. The smallest absolute Gasteiger partial charge is 0.0367 e. The molecule has 16 heavy (non-hydrogen) atoms. The van der Waals surface area contributed by atoms with Gasteiger partial charge < -0.3 is 10.2 Å². The molecule has 0 aliphatic rings. The Labute approximate surface area is 99.0 Å². The SMILES string of the molecule is C/C=C/CNc1ccc(N(CC)CC)cc1. The van der Waals surface area contributed by atoms with Gasteiger partial charge in [-0.25, -0.2) is 0 Å². The van der Waals surface area contributed by atoms with Crippen molar-refractivity contribution in [3.8, 4) is 0 Å². The maximum Gasteiger partial charge on any atom is 0.0367 e. The summed E-state index contributed by atoms with van der Waals surface area (Å²) >= 11 is 0. The predicted octanol–water partition coefficient (Wildman–Crippen LogP) is 3.52. The topological polar surface area (TPSA) is 15.3 Å². The van der Waals surface area contributed by atoms with E-state index in [1.165, 1.54) is 11.4 Å². The fraction of sp³-hybridized carbons (Fsp3) is 0.429. The van der Waals surface area contributed by atoms with Gasteiger partial charge in [0, 0.05) is 31.0 Å². The van der Waals surface area contributed by atoms with E-state index in [9.17, 15) is 0 Å². The van der Waals surface area contributed by atoms with Crippen LogP contribution in [0.25, 0.3) is 0 Å². The van der Waals surface area contributed by atoms with Gasteiger partial charge in [0.25, 0.3) is 0 Å². The quantitative estimate of drug-likeness (QED) is 0.735. The number of nitrogens with one attached hydrogen (secondary N) is 1. The Hall–Kier alpha value is -1.44. The van der Waals surface area contributed by atoms with Crippen molar-refractivity contribution in [3.05, 3.63) is 36.4 Å². The molecule has 0 amide bonds. The van der Waals surface area contributed by atoms with Gasteiger partial charge in [0.2, 0.25) is 0 Å². The summed E-state index contributed by atoms with van der Waals surface area (Å²) in [6.07, 6.45) is 4.16. The second kappa shape index (κ2) is 6.94. The van der Waals surface area contributed by atoms with Crippen LogP contribution in [0.15, 0.2) is 36.4 Å². The minimum absolute atomic E-state index is 0.890. The van der Waals surface area contributed by atoms with Crippen LogP contribution in [0.3, 0.4) is 0 Å². The Kier molecular flexibility index (Phi) is 5.48. The molecule has 0 aromatic heterocycles. The Morgan fingerprint density at radius 3 is 2.25 bits per heavy atom. The number of hydrogen-bond acceptors (Lipinski definition) is 2. The highest BCUT2D eigenvalue weighted by Gasteiger charge is 2.00. The summed E-state index contributed by atoms with van der Waals surface area (Å²) in [5.74, 6) is 0. The molecule has 1 aromatic rings. The predicted molar refractivity (Wildman–Crippen MR) is 73.3 cm³/mol. The molecular weight excluding hydrogens is 196 g/mol. The number of benzene rings is 1. The first kappa shape index (κ1) is 12.6. The van der Waals surface area contributed by atoms with Crippen LogP contribution in [0.2, 0.25) is 0 Å². The molecule has 0 radical (unpaired) electrons. The lowest BCUT2D eigenvalue weighted by molar-refractivity contribution is 0.866. The molecule has 1 rings (SSSR count). The minimum Gasteiger partial charge on any atom is -0.382 e. The lowest BCUT2D eigenvalue weighted by atomic mass is 10.2. The van der Waals surface area contributed by atoms with Gasteiger partial charge in [0.15, 0.2) is 0 Å². The molecule has 0 atom stereocenters. The zero-order chi connectivity index (χ0) is 11.8. The molecule has 0 saturated carbocycles. The van der Waals surface area contributed by atoms with E-state index < -0.39 is 0 Å². The second-order valence-corrected chi connectivity index (χ2v) is 3.67. The summed E-state index contributed by atoms with van der Waals surface area (Å²) in [5.41, 5.74) is 2.47. The van der Waals surface area contributed by atoms with Crippen LogP contribution in [0.5, 0.6) is 0 Å². The van der Waals surface area contributed by atoms with E-state index in [1.807, 2.05) is 6.92 Å². The summed E-state index contributed by atoms with van der Waals surface area (Å²) in [4.78, 5) is 2.34. The van der Waals surface area contributed by atoms with Crippen LogP contribution < -0.4 is 10.2 Å². The van der Waals surface area contributed by atoms with Crippen molar-refractivity contribution in [2.75, 3.05) is 29.9 Å². The number of nitrogens with zero attached hydrogens (tertiary/aromatic N) is 1. The number of anilines is 2. The fourth-order valence-corrected chi connectivity index (χ4v) is 1.67. The van der Waals surface area contributed by atoms with Crippen molar-refractivity contribution in [2.24, 2.45) is 0 Å². The monoisotopic (exact) mass is 218 g/mol. The summed E-state index contributed by atoms with van der Waals surface area (Å²) < 4.78 is 0. The van der Waals surface area contributed by atoms with Gasteiger partial charge in [-0.1, -0.05) is 12.2 Å². The average Bonchev–Trinajstić information content (AvgIpc) is 2.33. The standard InChI is InChI=1S/C14H22N2/c1-4-7-12-15-13-8-10-14(11-9-13)16(5-2)6-3/h4,7-11,15H,5-6,12H2,1-3H3/b7-4+. The lowest BCUT2D eigenvalue weighted by Gasteiger charge is -2.21. The zero-order valence-electron chi connectivity index (χ0n) is 10.5. The molecule has 0 fully saturated rings. The van der Waals surface area contributed by atoms with Crippen molar-refractivity contribution in [3.63, 3.8) is 0 Å². The zero-order valence-corrected chi connectivity index (χ0v) is 10.5. The van der Waals surface area contributed by atoms with Crippen LogP contribution in [0.1, 0.15) is 20.8 Å². The fourth-order valence-electron chi connectivity index (χ4n) is 1.67. The van der Waals surface area contributed by atoms with Gasteiger partial charge in [-0.15, -0.1) is 0 Å². The highest BCUT2D eigenvalue weighted by Crippen LogP contribution is 2.17. The molecule has 88 valence electrons. The third-order valence-corrected chi connectivity index (χ3v) is 2.66. The third kappa shape index (κ3) is 3.61. The summed E-state index contributed by atoms with van der Waals surface area (Å²) in [7, 11) is 0. The molecular formula is C14H22N2. The Morgan fingerprint density at radius 2 is 1.75 bits per heavy atom. The molecule has 1 aromatic carbocycles. The molecule has 0 bridgehead atoms. The van der Waals surface area contributed by atoms with Crippen molar-refractivity contribution >= 4 is 11.4 Å². The molecule has 0 unspecified atom stereocenters. The normalized spacial score (nSPS) is 10.7. The van der Waals surface area contributed by atoms with E-state index in [0.29, 0.717) is 0 Å². The van der Waals surface area contributed by atoms with E-state index in [4.69, 9.17) is 0 Å². The Bertz CT molecular complexity index is 310. The molecule has 0 aliphatic heterocycles. The Morgan fingerprint density at radius 1 is 1.12 bits per heavy atom. The highest BCUT2D eigenvalue weighted by atomic mass is 15.1. The molecule has 0 saturated heterocycles. The van der Waals surface area contributed by atoms with Gasteiger partial charge in [0.05, 0.1) is 0 Å². The largest absolute Gasteiger partial charge is 0.382 e. The lowest BCUT2D eigenvalue weighted by Crippen LogP contribution is -2.21. The number of allylic oxidation sites excluding steroid dienone is 1. The minimum atomic E-state index is 0.890. The first-order valence-corrected chi connectivity index (χ1v) is 6.01. The third-order valence-electron chi connectivity index (χ3n) is 2.66. The van der Waals surface area contributed by atoms with E-state index in [0.717, 1.165) is 19.6 Å². The Balaban J connectivity index is 2.59. The van der Waals surface area contributed by atoms with Crippen molar-refractivity contribution < 1.29 is 0 Å². The van der Waals surface area contributed by atoms with Crippen molar-refractivity contribution in [1.82, 2.24) is 0 Å². The summed E-state index contributed by atoms with van der Waals surface area (Å²) in [5, 5.41) is 3.34. The van der Waals surface area contributed by atoms with Crippen molar-refractivity contribution in [2.45, 2.75) is 20.8 Å². The van der Waals surface area contributed by atoms with E-state index in [2.05, 4.69) is 60.5 Å². The first-order valence-electron chi connectivity index (χ1n) is 6.01. The number of rotatable bonds is 6. The van der Waals surface area contributed by atoms with Gasteiger partial charge in [-0.2, -0.15) is 0 Å². The molecule has 0 heterocycles. The average molecular weight is 218 g/mol. The molecule has 2 nitrogen and oxygen atoms in total. The molecule has 0 spiro atoms. The van der Waals surface area contributed by atoms with Crippen molar-refractivity contribution in [1.29, 1.82) is 0 Å². The maximum absolute atomic E-state index is 3.34.